The van der Waals surface area contributed by atoms with Gasteiger partial charge in [-0.1, -0.05) is 12.1 Å². The van der Waals surface area contributed by atoms with Gasteiger partial charge in [0.15, 0.2) is 11.5 Å². The summed E-state index contributed by atoms with van der Waals surface area (Å²) in [5.41, 5.74) is 2.55. The van der Waals surface area contributed by atoms with E-state index in [2.05, 4.69) is 10.6 Å². The van der Waals surface area contributed by atoms with Gasteiger partial charge in [0.05, 0.1) is 26.3 Å². The van der Waals surface area contributed by atoms with Crippen molar-refractivity contribution in [2.24, 2.45) is 7.05 Å². The van der Waals surface area contributed by atoms with E-state index in [0.29, 0.717) is 23.6 Å². The molecular formula is C24H26N4O5. The molecule has 1 saturated heterocycles. The summed E-state index contributed by atoms with van der Waals surface area (Å²) in [5, 5.41) is 6.38. The number of carbonyl (C=O) groups is 3. The van der Waals surface area contributed by atoms with Crippen LogP contribution in [0.15, 0.2) is 48.7 Å². The molecule has 1 aliphatic rings. The van der Waals surface area contributed by atoms with Crippen molar-refractivity contribution in [3.63, 3.8) is 0 Å². The zero-order chi connectivity index (χ0) is 23.5. The number of hydrogen-bond donors (Lipinski definition) is 2. The number of hydrogen-bond acceptors (Lipinski definition) is 5. The Balaban J connectivity index is 1.37. The third kappa shape index (κ3) is 4.48. The number of fused-ring (bicyclic) bond motifs is 1. The van der Waals surface area contributed by atoms with Crippen LogP contribution >= 0.6 is 0 Å². The molecular weight excluding hydrogens is 424 g/mol. The second-order valence-electron chi connectivity index (χ2n) is 7.85. The molecule has 172 valence electrons. The molecule has 0 spiro atoms. The van der Waals surface area contributed by atoms with Gasteiger partial charge < -0.3 is 24.7 Å². The highest BCUT2D eigenvalue weighted by Crippen LogP contribution is 2.28. The van der Waals surface area contributed by atoms with Crippen molar-refractivity contribution < 1.29 is 23.9 Å². The average molecular weight is 450 g/mol. The maximum atomic E-state index is 12.8. The van der Waals surface area contributed by atoms with Gasteiger partial charge in [-0.15, -0.1) is 0 Å². The number of methoxy groups -OCH3 is 2. The number of nitrogens with one attached hydrogen (secondary N) is 2. The fourth-order valence-electron chi connectivity index (χ4n) is 4.00. The van der Waals surface area contributed by atoms with Gasteiger partial charge in [-0.05, 0) is 42.3 Å². The Kier molecular flexibility index (Phi) is 6.21. The fraction of sp³-hybridized carbons (Fsp3) is 0.292. The van der Waals surface area contributed by atoms with E-state index in [-0.39, 0.29) is 18.9 Å². The fourth-order valence-corrected chi connectivity index (χ4v) is 4.00. The number of benzene rings is 2. The number of amides is 4. The molecule has 4 rings (SSSR count). The van der Waals surface area contributed by atoms with Crippen LogP contribution in [0.25, 0.3) is 10.9 Å². The number of aromatic nitrogens is 1. The Hall–Kier alpha value is -4.01. The van der Waals surface area contributed by atoms with Gasteiger partial charge in [0.2, 0.25) is 5.91 Å². The van der Waals surface area contributed by atoms with Crippen LogP contribution in [-0.4, -0.2) is 54.1 Å². The molecule has 0 radical (unpaired) electrons. The van der Waals surface area contributed by atoms with E-state index in [1.807, 2.05) is 54.2 Å². The summed E-state index contributed by atoms with van der Waals surface area (Å²) in [5.74, 6) is 0.434. The van der Waals surface area contributed by atoms with Crippen LogP contribution < -0.4 is 20.1 Å². The predicted octanol–water partition coefficient (Wildman–Crippen LogP) is 2.69. The summed E-state index contributed by atoms with van der Waals surface area (Å²) < 4.78 is 12.5. The topological polar surface area (TPSA) is 102 Å². The van der Waals surface area contributed by atoms with E-state index >= 15 is 0 Å². The van der Waals surface area contributed by atoms with Crippen LogP contribution in [0.5, 0.6) is 11.5 Å². The maximum absolute atomic E-state index is 12.8. The smallest absolute Gasteiger partial charge is 0.324 e. The van der Waals surface area contributed by atoms with Crippen molar-refractivity contribution in [1.82, 2.24) is 14.8 Å². The molecule has 0 bridgehead atoms. The molecule has 9 nitrogen and oxygen atoms in total. The van der Waals surface area contributed by atoms with Crippen molar-refractivity contribution in [2.75, 3.05) is 26.1 Å². The van der Waals surface area contributed by atoms with Crippen LogP contribution in [0.1, 0.15) is 12.0 Å². The van der Waals surface area contributed by atoms with Gasteiger partial charge in [0.1, 0.15) is 6.04 Å². The minimum Gasteiger partial charge on any atom is -0.493 e. The van der Waals surface area contributed by atoms with Crippen LogP contribution in [-0.2, 0) is 23.1 Å². The number of urea groups is 1. The minimum absolute atomic E-state index is 0.138. The Morgan fingerprint density at radius 3 is 2.64 bits per heavy atom. The standard InChI is InChI=1S/C24H26N4O5/c1-27-11-10-16-17(5-4-6-19(16)27)25-22(29)14-18-23(30)28(24(31)26-18)12-9-15-7-8-20(32-2)21(13-15)33-3/h4-8,10-11,13,18H,9,12,14H2,1-3H3,(H,25,29)(H,26,31)/t18-/m0/s1. The van der Waals surface area contributed by atoms with E-state index in [4.69, 9.17) is 9.47 Å². The lowest BCUT2D eigenvalue weighted by atomic mass is 10.1. The Morgan fingerprint density at radius 2 is 1.88 bits per heavy atom. The summed E-state index contributed by atoms with van der Waals surface area (Å²) in [7, 11) is 5.03. The number of nitrogens with zero attached hydrogens (tertiary/aromatic N) is 2. The van der Waals surface area contributed by atoms with Gasteiger partial charge >= 0.3 is 6.03 Å². The molecule has 0 unspecified atom stereocenters. The SMILES string of the molecule is COc1ccc(CCN2C(=O)N[C@@H](CC(=O)Nc3cccc4c3ccn4C)C2=O)cc1OC. The largest absolute Gasteiger partial charge is 0.493 e. The number of anilines is 1. The zero-order valence-electron chi connectivity index (χ0n) is 18.8. The van der Waals surface area contributed by atoms with Crippen LogP contribution in [0.2, 0.25) is 0 Å². The summed E-state index contributed by atoms with van der Waals surface area (Å²) >= 11 is 0. The molecule has 1 atom stereocenters. The lowest BCUT2D eigenvalue weighted by Crippen LogP contribution is -2.35. The first-order valence-corrected chi connectivity index (χ1v) is 10.6. The van der Waals surface area contributed by atoms with Crippen molar-refractivity contribution in [1.29, 1.82) is 0 Å². The van der Waals surface area contributed by atoms with Gasteiger partial charge in [-0.2, -0.15) is 0 Å². The van der Waals surface area contributed by atoms with Gasteiger partial charge in [0.25, 0.3) is 5.91 Å². The highest BCUT2D eigenvalue weighted by molar-refractivity contribution is 6.08. The van der Waals surface area contributed by atoms with Crippen molar-refractivity contribution in [3.05, 3.63) is 54.2 Å². The van der Waals surface area contributed by atoms with Crippen LogP contribution in [0, 0.1) is 0 Å². The normalized spacial score (nSPS) is 15.6. The van der Waals surface area contributed by atoms with Crippen molar-refractivity contribution in [3.8, 4) is 11.5 Å². The second-order valence-corrected chi connectivity index (χ2v) is 7.85. The first-order chi connectivity index (χ1) is 15.9. The molecule has 0 aliphatic carbocycles. The van der Waals surface area contributed by atoms with E-state index in [1.54, 1.807) is 20.3 Å². The van der Waals surface area contributed by atoms with E-state index in [9.17, 15) is 14.4 Å². The molecule has 33 heavy (non-hydrogen) atoms. The third-order valence-corrected chi connectivity index (χ3v) is 5.77. The second kappa shape index (κ2) is 9.23. The van der Waals surface area contributed by atoms with Gasteiger partial charge in [-0.25, -0.2) is 4.79 Å². The van der Waals surface area contributed by atoms with Crippen molar-refractivity contribution in [2.45, 2.75) is 18.9 Å². The molecule has 2 N–H and O–H groups in total. The summed E-state index contributed by atoms with van der Waals surface area (Å²) in [6, 6.07) is 11.6. The Morgan fingerprint density at radius 1 is 1.09 bits per heavy atom. The predicted molar refractivity (Wildman–Crippen MR) is 123 cm³/mol. The number of carbonyl (C=O) groups excluding carboxylic acids is 3. The monoisotopic (exact) mass is 450 g/mol. The molecule has 1 aromatic heterocycles. The van der Waals surface area contributed by atoms with Gasteiger partial charge in [-0.3, -0.25) is 14.5 Å². The first-order valence-electron chi connectivity index (χ1n) is 10.6. The van der Waals surface area contributed by atoms with E-state index in [0.717, 1.165) is 21.4 Å². The maximum Gasteiger partial charge on any atom is 0.324 e. The molecule has 9 heteroatoms. The van der Waals surface area contributed by atoms with E-state index < -0.39 is 18.0 Å². The highest BCUT2D eigenvalue weighted by atomic mass is 16.5. The highest BCUT2D eigenvalue weighted by Gasteiger charge is 2.38. The number of ether oxygens (including phenoxy) is 2. The number of rotatable bonds is 8. The summed E-state index contributed by atoms with van der Waals surface area (Å²) in [6.07, 6.45) is 2.23. The quantitative estimate of drug-likeness (QED) is 0.514. The molecule has 0 saturated carbocycles. The van der Waals surface area contributed by atoms with Gasteiger partial charge in [0, 0.05) is 30.7 Å². The summed E-state index contributed by atoms with van der Waals surface area (Å²) in [6.45, 7) is 0.196. The number of aryl methyl sites for hydroxylation is 1. The molecule has 3 aromatic rings. The van der Waals surface area contributed by atoms with E-state index in [1.165, 1.54) is 0 Å². The zero-order valence-corrected chi connectivity index (χ0v) is 18.8. The Bertz CT molecular complexity index is 1220. The molecule has 4 amide bonds. The average Bonchev–Trinajstić information content (AvgIpc) is 3.31. The lowest BCUT2D eigenvalue weighted by Gasteiger charge is -2.14. The number of imide groups is 1. The minimum atomic E-state index is -0.891. The molecule has 1 aliphatic heterocycles. The molecule has 2 heterocycles. The first kappa shape index (κ1) is 22.2. The van der Waals surface area contributed by atoms with Crippen LogP contribution in [0.3, 0.4) is 0 Å². The van der Waals surface area contributed by atoms with Crippen molar-refractivity contribution >= 4 is 34.4 Å². The van der Waals surface area contributed by atoms with Crippen LogP contribution in [0.4, 0.5) is 10.5 Å². The summed E-state index contributed by atoms with van der Waals surface area (Å²) in [4.78, 5) is 38.9. The Labute approximate surface area is 191 Å². The molecule has 1 fully saturated rings. The lowest BCUT2D eigenvalue weighted by molar-refractivity contribution is -0.129. The third-order valence-electron chi connectivity index (χ3n) is 5.77. The molecule has 2 aromatic carbocycles.